The Morgan fingerprint density at radius 1 is 0.857 bits per heavy atom. The molecule has 6 heteroatoms. The first-order valence-corrected chi connectivity index (χ1v) is 10.4. The van der Waals surface area contributed by atoms with Gasteiger partial charge in [0.1, 0.15) is 0 Å². The summed E-state index contributed by atoms with van der Waals surface area (Å²) in [6, 6.07) is 22.4. The van der Waals surface area contributed by atoms with Gasteiger partial charge in [0, 0.05) is 11.3 Å². The van der Waals surface area contributed by atoms with E-state index in [1.807, 2.05) is 56.3 Å². The molecule has 0 aliphatic heterocycles. The Balaban J connectivity index is 1.70. The molecule has 0 spiro atoms. The summed E-state index contributed by atoms with van der Waals surface area (Å²) in [6.07, 6.45) is 0. The predicted octanol–water partition coefficient (Wildman–Crippen LogP) is 4.29. The minimum Gasteiger partial charge on any atom is -0.346 e. The van der Waals surface area contributed by atoms with Gasteiger partial charge in [-0.1, -0.05) is 48.0 Å². The third-order valence-corrected chi connectivity index (χ3v) is 5.77. The molecule has 5 nitrogen and oxygen atoms in total. The summed E-state index contributed by atoms with van der Waals surface area (Å²) in [7, 11) is -3.72. The maximum absolute atomic E-state index is 12.5. The smallest absolute Gasteiger partial charge is 0.261 e. The number of anilines is 1. The van der Waals surface area contributed by atoms with E-state index in [2.05, 4.69) is 10.0 Å². The van der Waals surface area contributed by atoms with E-state index in [9.17, 15) is 13.2 Å². The molecule has 0 heterocycles. The van der Waals surface area contributed by atoms with Gasteiger partial charge in [-0.05, 0) is 55.8 Å². The van der Waals surface area contributed by atoms with Gasteiger partial charge in [-0.15, -0.1) is 0 Å². The number of nitrogens with one attached hydrogen (secondary N) is 2. The van der Waals surface area contributed by atoms with Gasteiger partial charge in [-0.3, -0.25) is 9.52 Å². The molecule has 2 N–H and O–H groups in total. The van der Waals surface area contributed by atoms with Crippen molar-refractivity contribution >= 4 is 21.6 Å². The SMILES string of the molecule is Cc1ccc(NS(=O)(=O)c2ccc(C(=O)NC(C)c3ccccc3)cc2)cc1. The lowest BCUT2D eigenvalue weighted by Gasteiger charge is -2.14. The number of sulfonamides is 1. The highest BCUT2D eigenvalue weighted by atomic mass is 32.2. The van der Waals surface area contributed by atoms with Crippen LogP contribution in [0, 0.1) is 6.92 Å². The van der Waals surface area contributed by atoms with Gasteiger partial charge < -0.3 is 5.32 Å². The second-order valence-electron chi connectivity index (χ2n) is 6.60. The maximum Gasteiger partial charge on any atom is 0.261 e. The number of hydrogen-bond acceptors (Lipinski definition) is 3. The first-order valence-electron chi connectivity index (χ1n) is 8.90. The molecule has 0 saturated carbocycles. The zero-order chi connectivity index (χ0) is 20.1. The summed E-state index contributed by atoms with van der Waals surface area (Å²) >= 11 is 0. The number of hydrogen-bond donors (Lipinski definition) is 2. The van der Waals surface area contributed by atoms with E-state index >= 15 is 0 Å². The summed E-state index contributed by atoms with van der Waals surface area (Å²) in [5, 5.41) is 2.91. The van der Waals surface area contributed by atoms with Crippen LogP contribution in [-0.2, 0) is 10.0 Å². The molecule has 0 bridgehead atoms. The van der Waals surface area contributed by atoms with E-state index in [0.29, 0.717) is 11.3 Å². The summed E-state index contributed by atoms with van der Waals surface area (Å²) < 4.78 is 27.6. The molecule has 0 fully saturated rings. The highest BCUT2D eigenvalue weighted by Crippen LogP contribution is 2.18. The number of benzene rings is 3. The Bertz CT molecular complexity index is 1050. The third-order valence-electron chi connectivity index (χ3n) is 4.38. The summed E-state index contributed by atoms with van der Waals surface area (Å²) in [5.74, 6) is -0.258. The maximum atomic E-state index is 12.5. The Hall–Kier alpha value is -3.12. The molecule has 1 atom stereocenters. The Morgan fingerprint density at radius 2 is 1.46 bits per heavy atom. The molecular formula is C22H22N2O3S. The van der Waals surface area contributed by atoms with E-state index < -0.39 is 10.0 Å². The van der Waals surface area contributed by atoms with Crippen molar-refractivity contribution in [2.45, 2.75) is 24.8 Å². The average Bonchev–Trinajstić information content (AvgIpc) is 2.70. The molecule has 3 aromatic carbocycles. The molecule has 3 rings (SSSR count). The fourth-order valence-electron chi connectivity index (χ4n) is 2.73. The zero-order valence-corrected chi connectivity index (χ0v) is 16.5. The van der Waals surface area contributed by atoms with Crippen LogP contribution in [0.2, 0.25) is 0 Å². The topological polar surface area (TPSA) is 75.3 Å². The normalized spacial score (nSPS) is 12.2. The van der Waals surface area contributed by atoms with E-state index in [1.165, 1.54) is 24.3 Å². The first-order chi connectivity index (χ1) is 13.3. The molecule has 0 aromatic heterocycles. The predicted molar refractivity (Wildman–Crippen MR) is 111 cm³/mol. The third kappa shape index (κ3) is 4.78. The van der Waals surface area contributed by atoms with Crippen molar-refractivity contribution in [3.63, 3.8) is 0 Å². The Labute approximate surface area is 165 Å². The lowest BCUT2D eigenvalue weighted by atomic mass is 10.1. The van der Waals surface area contributed by atoms with Crippen LogP contribution in [0.25, 0.3) is 0 Å². The van der Waals surface area contributed by atoms with Crippen LogP contribution in [0.3, 0.4) is 0 Å². The Kier molecular flexibility index (Phi) is 5.80. The van der Waals surface area contributed by atoms with Crippen LogP contribution < -0.4 is 10.0 Å². The number of amides is 1. The van der Waals surface area contributed by atoms with Gasteiger partial charge in [0.15, 0.2) is 0 Å². The molecule has 1 amide bonds. The van der Waals surface area contributed by atoms with Crippen molar-refractivity contribution in [3.05, 3.63) is 95.6 Å². The van der Waals surface area contributed by atoms with Gasteiger partial charge in [0.2, 0.25) is 0 Å². The van der Waals surface area contributed by atoms with E-state index in [-0.39, 0.29) is 16.8 Å². The minimum atomic E-state index is -3.72. The van der Waals surface area contributed by atoms with E-state index in [4.69, 9.17) is 0 Å². The fourth-order valence-corrected chi connectivity index (χ4v) is 3.78. The standard InChI is InChI=1S/C22H22N2O3S/c1-16-8-12-20(13-9-16)24-28(26,27)21-14-10-19(11-15-21)22(25)23-17(2)18-6-4-3-5-7-18/h3-15,17,24H,1-2H3,(H,23,25). The van der Waals surface area contributed by atoms with Crippen molar-refractivity contribution in [2.75, 3.05) is 4.72 Å². The molecule has 28 heavy (non-hydrogen) atoms. The second kappa shape index (κ2) is 8.27. The van der Waals surface area contributed by atoms with Gasteiger partial charge in [-0.2, -0.15) is 0 Å². The molecule has 0 aliphatic carbocycles. The quantitative estimate of drug-likeness (QED) is 0.655. The number of carbonyl (C=O) groups excluding carboxylic acids is 1. The molecule has 144 valence electrons. The highest BCUT2D eigenvalue weighted by Gasteiger charge is 2.16. The molecule has 0 aliphatic rings. The van der Waals surface area contributed by atoms with Crippen molar-refractivity contribution in [1.29, 1.82) is 0 Å². The summed E-state index contributed by atoms with van der Waals surface area (Å²) in [5.41, 5.74) is 2.93. The van der Waals surface area contributed by atoms with Crippen LogP contribution in [0.4, 0.5) is 5.69 Å². The molecule has 0 saturated heterocycles. The van der Waals surface area contributed by atoms with Crippen LogP contribution >= 0.6 is 0 Å². The van der Waals surface area contributed by atoms with Crippen molar-refractivity contribution in [2.24, 2.45) is 0 Å². The van der Waals surface area contributed by atoms with Crippen LogP contribution in [0.15, 0.2) is 83.8 Å². The lowest BCUT2D eigenvalue weighted by molar-refractivity contribution is 0.0940. The van der Waals surface area contributed by atoms with E-state index in [0.717, 1.165) is 11.1 Å². The lowest BCUT2D eigenvalue weighted by Crippen LogP contribution is -2.26. The molecule has 0 radical (unpaired) electrons. The van der Waals surface area contributed by atoms with Crippen molar-refractivity contribution in [3.8, 4) is 0 Å². The second-order valence-corrected chi connectivity index (χ2v) is 8.28. The van der Waals surface area contributed by atoms with Crippen molar-refractivity contribution in [1.82, 2.24) is 5.32 Å². The highest BCUT2D eigenvalue weighted by molar-refractivity contribution is 7.92. The molecular weight excluding hydrogens is 372 g/mol. The number of aryl methyl sites for hydroxylation is 1. The van der Waals surface area contributed by atoms with Crippen LogP contribution in [0.1, 0.15) is 34.5 Å². The van der Waals surface area contributed by atoms with Gasteiger partial charge >= 0.3 is 0 Å². The summed E-state index contributed by atoms with van der Waals surface area (Å²) in [4.78, 5) is 12.5. The Morgan fingerprint density at radius 3 is 2.07 bits per heavy atom. The minimum absolute atomic E-state index is 0.0979. The fraction of sp³-hybridized carbons (Fsp3) is 0.136. The first kappa shape index (κ1) is 19.6. The van der Waals surface area contributed by atoms with Gasteiger partial charge in [0.25, 0.3) is 15.9 Å². The van der Waals surface area contributed by atoms with Crippen molar-refractivity contribution < 1.29 is 13.2 Å². The average molecular weight is 394 g/mol. The van der Waals surface area contributed by atoms with Gasteiger partial charge in [-0.25, -0.2) is 8.42 Å². The monoisotopic (exact) mass is 394 g/mol. The van der Waals surface area contributed by atoms with E-state index in [1.54, 1.807) is 12.1 Å². The van der Waals surface area contributed by atoms with Gasteiger partial charge in [0.05, 0.1) is 10.9 Å². The van der Waals surface area contributed by atoms with Crippen LogP contribution in [0.5, 0.6) is 0 Å². The molecule has 1 unspecified atom stereocenters. The number of carbonyl (C=O) groups is 1. The molecule has 3 aromatic rings. The van der Waals surface area contributed by atoms with Crippen LogP contribution in [-0.4, -0.2) is 14.3 Å². The number of rotatable bonds is 6. The summed E-state index contributed by atoms with van der Waals surface area (Å²) in [6.45, 7) is 3.83. The largest absolute Gasteiger partial charge is 0.346 e. The zero-order valence-electron chi connectivity index (χ0n) is 15.7.